The average molecular weight is 317 g/mol. The molecule has 1 fully saturated rings. The van der Waals surface area contributed by atoms with Crippen molar-refractivity contribution in [2.45, 2.75) is 12.8 Å². The van der Waals surface area contributed by atoms with Gasteiger partial charge in [-0.15, -0.1) is 0 Å². The Morgan fingerprint density at radius 2 is 1.75 bits per heavy atom. The normalized spacial score (nSPS) is 15.9. The minimum atomic E-state index is -1.12. The van der Waals surface area contributed by atoms with Crippen LogP contribution in [0, 0.1) is 5.92 Å². The van der Waals surface area contributed by atoms with E-state index in [1.54, 1.807) is 0 Å². The molecule has 108 valence electrons. The van der Waals surface area contributed by atoms with Crippen LogP contribution < -0.4 is 10.6 Å². The van der Waals surface area contributed by atoms with E-state index in [1.165, 1.54) is 12.1 Å². The molecule has 0 aliphatic carbocycles. The van der Waals surface area contributed by atoms with E-state index in [0.29, 0.717) is 0 Å². The van der Waals surface area contributed by atoms with Gasteiger partial charge in [0.1, 0.15) is 0 Å². The summed E-state index contributed by atoms with van der Waals surface area (Å²) in [5.41, 5.74) is 0.252. The van der Waals surface area contributed by atoms with Crippen LogP contribution in [0.5, 0.6) is 0 Å². The lowest BCUT2D eigenvalue weighted by Crippen LogP contribution is -2.34. The molecule has 7 heteroatoms. The fourth-order valence-corrected chi connectivity index (χ4v) is 2.71. The maximum absolute atomic E-state index is 12.1. The van der Waals surface area contributed by atoms with Crippen LogP contribution >= 0.6 is 23.2 Å². The summed E-state index contributed by atoms with van der Waals surface area (Å²) in [6, 6.07) is 2.54. The molecule has 1 amide bonds. The van der Waals surface area contributed by atoms with E-state index in [0.717, 1.165) is 25.9 Å². The van der Waals surface area contributed by atoms with Crippen LogP contribution in [-0.4, -0.2) is 30.1 Å². The van der Waals surface area contributed by atoms with Gasteiger partial charge in [-0.2, -0.15) is 0 Å². The van der Waals surface area contributed by atoms with Gasteiger partial charge in [-0.1, -0.05) is 23.2 Å². The Labute approximate surface area is 126 Å². The first-order chi connectivity index (χ1) is 9.49. The number of benzene rings is 1. The molecule has 1 aromatic carbocycles. The summed E-state index contributed by atoms with van der Waals surface area (Å²) in [6.45, 7) is 1.61. The minimum Gasteiger partial charge on any atom is -0.478 e. The first-order valence-electron chi connectivity index (χ1n) is 6.23. The molecule has 0 aromatic heterocycles. The Morgan fingerprint density at radius 3 is 2.25 bits per heavy atom. The van der Waals surface area contributed by atoms with Gasteiger partial charge in [-0.05, 0) is 38.1 Å². The monoisotopic (exact) mass is 316 g/mol. The summed E-state index contributed by atoms with van der Waals surface area (Å²) in [5.74, 6) is -1.34. The molecule has 5 nitrogen and oxygen atoms in total. The van der Waals surface area contributed by atoms with Crippen molar-refractivity contribution in [1.82, 2.24) is 5.32 Å². The third-order valence-corrected chi connectivity index (χ3v) is 3.84. The van der Waals surface area contributed by atoms with E-state index in [1.807, 2.05) is 0 Å². The molecule has 2 rings (SSSR count). The van der Waals surface area contributed by atoms with Crippen molar-refractivity contribution in [3.05, 3.63) is 27.7 Å². The van der Waals surface area contributed by atoms with E-state index in [9.17, 15) is 9.59 Å². The van der Waals surface area contributed by atoms with Crippen molar-refractivity contribution >= 4 is 40.8 Å². The van der Waals surface area contributed by atoms with E-state index in [2.05, 4.69) is 10.6 Å². The summed E-state index contributed by atoms with van der Waals surface area (Å²) in [6.07, 6.45) is 1.52. The van der Waals surface area contributed by atoms with Gasteiger partial charge in [-0.25, -0.2) is 4.79 Å². The van der Waals surface area contributed by atoms with Gasteiger partial charge >= 0.3 is 5.97 Å². The van der Waals surface area contributed by atoms with Crippen LogP contribution in [0.4, 0.5) is 5.69 Å². The second-order valence-corrected chi connectivity index (χ2v) is 5.45. The molecule has 0 bridgehead atoms. The molecule has 3 N–H and O–H groups in total. The van der Waals surface area contributed by atoms with Crippen LogP contribution in [0.25, 0.3) is 0 Å². The number of carboxylic acids is 1. The molecule has 20 heavy (non-hydrogen) atoms. The number of nitrogens with one attached hydrogen (secondary N) is 2. The lowest BCUT2D eigenvalue weighted by molar-refractivity contribution is -0.120. The van der Waals surface area contributed by atoms with E-state index >= 15 is 0 Å². The van der Waals surface area contributed by atoms with Gasteiger partial charge in [0.15, 0.2) is 0 Å². The van der Waals surface area contributed by atoms with Crippen LogP contribution in [0.15, 0.2) is 12.1 Å². The standard InChI is InChI=1S/C13H14Cl2N2O3/c14-9-5-8(13(19)20)6-10(15)11(9)17-12(18)7-1-3-16-4-2-7/h5-7,16H,1-4H2,(H,17,18)(H,19,20). The number of halogens is 2. The summed E-state index contributed by atoms with van der Waals surface area (Å²) in [7, 11) is 0. The quantitative estimate of drug-likeness (QED) is 0.801. The van der Waals surface area contributed by atoms with E-state index in [4.69, 9.17) is 28.3 Å². The molecular weight excluding hydrogens is 303 g/mol. The molecule has 1 aliphatic rings. The first kappa shape index (κ1) is 15.1. The maximum Gasteiger partial charge on any atom is 0.335 e. The van der Waals surface area contributed by atoms with Crippen molar-refractivity contribution < 1.29 is 14.7 Å². The zero-order chi connectivity index (χ0) is 14.7. The Kier molecular flexibility index (Phi) is 4.86. The zero-order valence-electron chi connectivity index (χ0n) is 10.6. The highest BCUT2D eigenvalue weighted by Gasteiger charge is 2.23. The number of hydrogen-bond donors (Lipinski definition) is 3. The van der Waals surface area contributed by atoms with Crippen LogP contribution in [-0.2, 0) is 4.79 Å². The largest absolute Gasteiger partial charge is 0.478 e. The predicted octanol–water partition coefficient (Wildman–Crippen LogP) is 2.63. The smallest absolute Gasteiger partial charge is 0.335 e. The van der Waals surface area contributed by atoms with Gasteiger partial charge in [0, 0.05) is 5.92 Å². The molecule has 0 saturated carbocycles. The Morgan fingerprint density at radius 1 is 1.20 bits per heavy atom. The number of rotatable bonds is 3. The number of hydrogen-bond acceptors (Lipinski definition) is 3. The van der Waals surface area contributed by atoms with Gasteiger partial charge in [-0.3, -0.25) is 4.79 Å². The van der Waals surface area contributed by atoms with Crippen molar-refractivity contribution in [2.24, 2.45) is 5.92 Å². The highest BCUT2D eigenvalue weighted by Crippen LogP contribution is 2.32. The molecule has 0 radical (unpaired) electrons. The average Bonchev–Trinajstić information content (AvgIpc) is 2.43. The second kappa shape index (κ2) is 6.43. The number of aromatic carboxylic acids is 1. The maximum atomic E-state index is 12.1. The number of carbonyl (C=O) groups excluding carboxylic acids is 1. The SMILES string of the molecule is O=C(O)c1cc(Cl)c(NC(=O)C2CCNCC2)c(Cl)c1. The molecule has 1 aliphatic heterocycles. The van der Waals surface area contributed by atoms with E-state index in [-0.39, 0.29) is 33.1 Å². The minimum absolute atomic E-state index is 0.0140. The van der Waals surface area contributed by atoms with Crippen molar-refractivity contribution in [2.75, 3.05) is 18.4 Å². The van der Waals surface area contributed by atoms with Gasteiger partial charge < -0.3 is 15.7 Å². The topological polar surface area (TPSA) is 78.4 Å². The first-order valence-corrected chi connectivity index (χ1v) is 6.98. The lowest BCUT2D eigenvalue weighted by Gasteiger charge is -2.22. The fourth-order valence-electron chi connectivity index (χ4n) is 2.13. The number of anilines is 1. The molecule has 0 atom stereocenters. The second-order valence-electron chi connectivity index (χ2n) is 4.63. The van der Waals surface area contributed by atoms with Crippen LogP contribution in [0.1, 0.15) is 23.2 Å². The van der Waals surface area contributed by atoms with E-state index < -0.39 is 5.97 Å². The van der Waals surface area contributed by atoms with Crippen LogP contribution in [0.3, 0.4) is 0 Å². The molecule has 1 saturated heterocycles. The molecule has 0 unspecified atom stereocenters. The zero-order valence-corrected chi connectivity index (χ0v) is 12.1. The Hall–Kier alpha value is -1.30. The highest BCUT2D eigenvalue weighted by atomic mass is 35.5. The van der Waals surface area contributed by atoms with Crippen LogP contribution in [0.2, 0.25) is 10.0 Å². The third-order valence-electron chi connectivity index (χ3n) is 3.25. The molecule has 1 heterocycles. The fraction of sp³-hybridized carbons (Fsp3) is 0.385. The highest BCUT2D eigenvalue weighted by molar-refractivity contribution is 6.40. The third kappa shape index (κ3) is 3.42. The molecule has 0 spiro atoms. The Balaban J connectivity index is 2.16. The summed E-state index contributed by atoms with van der Waals surface area (Å²) >= 11 is 12.0. The Bertz CT molecular complexity index is 519. The number of piperidine rings is 1. The number of carbonyl (C=O) groups is 2. The predicted molar refractivity (Wildman–Crippen MR) is 77.6 cm³/mol. The lowest BCUT2D eigenvalue weighted by atomic mass is 9.97. The summed E-state index contributed by atoms with van der Waals surface area (Å²) < 4.78 is 0. The number of amides is 1. The van der Waals surface area contributed by atoms with Gasteiger partial charge in [0.25, 0.3) is 0 Å². The molecular formula is C13H14Cl2N2O3. The van der Waals surface area contributed by atoms with Crippen molar-refractivity contribution in [3.8, 4) is 0 Å². The summed E-state index contributed by atoms with van der Waals surface area (Å²) in [4.78, 5) is 23.0. The van der Waals surface area contributed by atoms with Gasteiger partial charge in [0.2, 0.25) is 5.91 Å². The van der Waals surface area contributed by atoms with Crippen molar-refractivity contribution in [3.63, 3.8) is 0 Å². The van der Waals surface area contributed by atoms with Gasteiger partial charge in [0.05, 0.1) is 21.3 Å². The number of carboxylic acid groups (broad SMARTS) is 1. The molecule has 1 aromatic rings. The van der Waals surface area contributed by atoms with Crippen molar-refractivity contribution in [1.29, 1.82) is 0 Å². The summed E-state index contributed by atoms with van der Waals surface area (Å²) in [5, 5.41) is 15.0.